The molecule has 3 rings (SSSR count). The van der Waals surface area contributed by atoms with E-state index in [2.05, 4.69) is 25.4 Å². The number of amides is 2. The van der Waals surface area contributed by atoms with Gasteiger partial charge in [-0.05, 0) is 30.5 Å². The van der Waals surface area contributed by atoms with Crippen LogP contribution in [-0.2, 0) is 19.4 Å². The number of nitrogens with zero attached hydrogens (tertiary/aromatic N) is 3. The highest BCUT2D eigenvalue weighted by Crippen LogP contribution is 2.14. The molecule has 0 saturated carbocycles. The Morgan fingerprint density at radius 3 is 2.81 bits per heavy atom. The lowest BCUT2D eigenvalue weighted by Crippen LogP contribution is -2.38. The number of benzene rings is 1. The van der Waals surface area contributed by atoms with Crippen LogP contribution in [0.25, 0.3) is 0 Å². The largest absolute Gasteiger partial charge is 0.387 e. The van der Waals surface area contributed by atoms with E-state index < -0.39 is 6.10 Å². The van der Waals surface area contributed by atoms with Gasteiger partial charge in [-0.1, -0.05) is 18.6 Å². The van der Waals surface area contributed by atoms with E-state index in [0.717, 1.165) is 37.5 Å². The lowest BCUT2D eigenvalue weighted by molar-refractivity contribution is 0.173. The lowest BCUT2D eigenvalue weighted by atomic mass is 10.1. The highest BCUT2D eigenvalue weighted by atomic mass is 19.1. The van der Waals surface area contributed by atoms with Crippen molar-refractivity contribution in [1.29, 1.82) is 0 Å². The molecule has 0 bridgehead atoms. The van der Waals surface area contributed by atoms with Crippen LogP contribution < -0.4 is 10.6 Å². The van der Waals surface area contributed by atoms with E-state index in [0.29, 0.717) is 18.5 Å². The molecular weight excluding hydrogens is 337 g/mol. The number of urea groups is 1. The van der Waals surface area contributed by atoms with Crippen LogP contribution in [-0.4, -0.2) is 39.0 Å². The van der Waals surface area contributed by atoms with Gasteiger partial charge < -0.3 is 20.3 Å². The molecule has 26 heavy (non-hydrogen) atoms. The fourth-order valence-corrected chi connectivity index (χ4v) is 3.07. The standard InChI is InChI=1S/C18H24FN5O2/c19-14-7-5-13(6-8-14)15(25)12-21-18(26)20-10-9-17-23-22-16-4-2-1-3-11-24(16)17/h5-8,15,25H,1-4,9-12H2,(H2,20,21,26)/t15-/m1/s1. The van der Waals surface area contributed by atoms with Crippen LogP contribution in [0.3, 0.4) is 0 Å². The molecule has 1 aliphatic rings. The maximum atomic E-state index is 12.9. The summed E-state index contributed by atoms with van der Waals surface area (Å²) in [6.07, 6.45) is 4.18. The van der Waals surface area contributed by atoms with Gasteiger partial charge in [-0.3, -0.25) is 0 Å². The van der Waals surface area contributed by atoms with Crippen molar-refractivity contribution in [1.82, 2.24) is 25.4 Å². The quantitative estimate of drug-likeness (QED) is 0.730. The number of carbonyl (C=O) groups excluding carboxylic acids is 1. The summed E-state index contributed by atoms with van der Waals surface area (Å²) in [5, 5.41) is 23.8. The number of aliphatic hydroxyl groups is 1. The number of carbonyl (C=O) groups is 1. The van der Waals surface area contributed by atoms with E-state index in [9.17, 15) is 14.3 Å². The van der Waals surface area contributed by atoms with Gasteiger partial charge in [0.1, 0.15) is 17.5 Å². The molecule has 1 atom stereocenters. The minimum atomic E-state index is -0.881. The number of rotatable bonds is 6. The first kappa shape index (κ1) is 18.3. The zero-order chi connectivity index (χ0) is 18.4. The average molecular weight is 361 g/mol. The summed E-state index contributed by atoms with van der Waals surface area (Å²) in [5.41, 5.74) is 0.554. The Kier molecular flexibility index (Phi) is 6.17. The zero-order valence-corrected chi connectivity index (χ0v) is 14.6. The summed E-state index contributed by atoms with van der Waals surface area (Å²) in [6.45, 7) is 1.43. The Balaban J connectivity index is 1.40. The minimum Gasteiger partial charge on any atom is -0.387 e. The Hall–Kier alpha value is -2.48. The van der Waals surface area contributed by atoms with Crippen molar-refractivity contribution in [2.75, 3.05) is 13.1 Å². The van der Waals surface area contributed by atoms with Gasteiger partial charge in [0, 0.05) is 32.5 Å². The van der Waals surface area contributed by atoms with Crippen molar-refractivity contribution in [2.45, 2.75) is 44.8 Å². The molecule has 1 aromatic heterocycles. The van der Waals surface area contributed by atoms with Crippen molar-refractivity contribution in [3.63, 3.8) is 0 Å². The minimum absolute atomic E-state index is 0.0534. The molecule has 3 N–H and O–H groups in total. The smallest absolute Gasteiger partial charge is 0.314 e. The molecule has 0 saturated heterocycles. The fraction of sp³-hybridized carbons (Fsp3) is 0.500. The second-order valence-corrected chi connectivity index (χ2v) is 6.45. The number of halogens is 1. The summed E-state index contributed by atoms with van der Waals surface area (Å²) in [6, 6.07) is 5.19. The van der Waals surface area contributed by atoms with E-state index in [4.69, 9.17) is 0 Å². The van der Waals surface area contributed by atoms with E-state index in [1.54, 1.807) is 0 Å². The van der Waals surface area contributed by atoms with Gasteiger partial charge in [0.2, 0.25) is 0 Å². The number of nitrogens with one attached hydrogen (secondary N) is 2. The van der Waals surface area contributed by atoms with Gasteiger partial charge in [-0.25, -0.2) is 9.18 Å². The highest BCUT2D eigenvalue weighted by molar-refractivity contribution is 5.73. The second-order valence-electron chi connectivity index (χ2n) is 6.45. The van der Waals surface area contributed by atoms with E-state index in [1.165, 1.54) is 30.7 Å². The van der Waals surface area contributed by atoms with Crippen LogP contribution in [0.1, 0.15) is 42.6 Å². The molecule has 2 heterocycles. The molecule has 1 aliphatic heterocycles. The van der Waals surface area contributed by atoms with Crippen LogP contribution in [0.15, 0.2) is 24.3 Å². The van der Waals surface area contributed by atoms with Gasteiger partial charge in [-0.2, -0.15) is 0 Å². The van der Waals surface area contributed by atoms with Gasteiger partial charge in [0.05, 0.1) is 6.10 Å². The first-order valence-electron chi connectivity index (χ1n) is 8.99. The molecule has 8 heteroatoms. The maximum absolute atomic E-state index is 12.9. The molecular formula is C18H24FN5O2. The number of aliphatic hydroxyl groups excluding tert-OH is 1. The third kappa shape index (κ3) is 4.78. The normalized spacial score (nSPS) is 15.0. The van der Waals surface area contributed by atoms with Crippen molar-refractivity contribution in [3.05, 3.63) is 47.3 Å². The number of hydrogen-bond acceptors (Lipinski definition) is 4. The number of hydrogen-bond donors (Lipinski definition) is 3. The van der Waals surface area contributed by atoms with Crippen LogP contribution >= 0.6 is 0 Å². The summed E-state index contributed by atoms with van der Waals surface area (Å²) in [4.78, 5) is 11.9. The SMILES string of the molecule is O=C(NCCc1nnc2n1CCCCC2)NC[C@@H](O)c1ccc(F)cc1. The van der Waals surface area contributed by atoms with Crippen LogP contribution in [0, 0.1) is 5.82 Å². The van der Waals surface area contributed by atoms with E-state index >= 15 is 0 Å². The summed E-state index contributed by atoms with van der Waals surface area (Å²) < 4.78 is 15.0. The molecule has 0 fully saturated rings. The van der Waals surface area contributed by atoms with Gasteiger partial charge in [-0.15, -0.1) is 10.2 Å². The molecule has 0 radical (unpaired) electrons. The molecule has 140 valence electrons. The zero-order valence-electron chi connectivity index (χ0n) is 14.6. The second kappa shape index (κ2) is 8.75. The molecule has 0 spiro atoms. The topological polar surface area (TPSA) is 92.1 Å². The van der Waals surface area contributed by atoms with Crippen molar-refractivity contribution in [2.24, 2.45) is 0 Å². The molecule has 1 aromatic carbocycles. The van der Waals surface area contributed by atoms with Crippen LogP contribution in [0.5, 0.6) is 0 Å². The fourth-order valence-electron chi connectivity index (χ4n) is 3.07. The lowest BCUT2D eigenvalue weighted by Gasteiger charge is -2.13. The van der Waals surface area contributed by atoms with Crippen molar-refractivity contribution < 1.29 is 14.3 Å². The summed E-state index contributed by atoms with van der Waals surface area (Å²) >= 11 is 0. The monoisotopic (exact) mass is 361 g/mol. The maximum Gasteiger partial charge on any atom is 0.314 e. The Morgan fingerprint density at radius 1 is 1.19 bits per heavy atom. The average Bonchev–Trinajstić information content (AvgIpc) is 2.87. The summed E-state index contributed by atoms with van der Waals surface area (Å²) in [5.74, 6) is 1.57. The number of aryl methyl sites for hydroxylation is 1. The third-order valence-electron chi connectivity index (χ3n) is 4.53. The van der Waals surface area contributed by atoms with Crippen LogP contribution in [0.4, 0.5) is 9.18 Å². The van der Waals surface area contributed by atoms with E-state index in [-0.39, 0.29) is 18.4 Å². The highest BCUT2D eigenvalue weighted by Gasteiger charge is 2.15. The van der Waals surface area contributed by atoms with Gasteiger partial charge in [0.25, 0.3) is 0 Å². The molecule has 7 nitrogen and oxygen atoms in total. The molecule has 0 aliphatic carbocycles. The Labute approximate surface area is 151 Å². The third-order valence-corrected chi connectivity index (χ3v) is 4.53. The molecule has 0 unspecified atom stereocenters. The van der Waals surface area contributed by atoms with Crippen molar-refractivity contribution in [3.8, 4) is 0 Å². The number of fused-ring (bicyclic) bond motifs is 1. The van der Waals surface area contributed by atoms with E-state index in [1.807, 2.05) is 0 Å². The first-order valence-corrected chi connectivity index (χ1v) is 8.99. The Bertz CT molecular complexity index is 732. The summed E-state index contributed by atoms with van der Waals surface area (Å²) in [7, 11) is 0. The predicted molar refractivity (Wildman–Crippen MR) is 94.0 cm³/mol. The Morgan fingerprint density at radius 2 is 2.00 bits per heavy atom. The van der Waals surface area contributed by atoms with Crippen LogP contribution in [0.2, 0.25) is 0 Å². The molecule has 2 amide bonds. The predicted octanol–water partition coefficient (Wildman–Crippen LogP) is 1.72. The van der Waals surface area contributed by atoms with Gasteiger partial charge >= 0.3 is 6.03 Å². The van der Waals surface area contributed by atoms with Crippen molar-refractivity contribution >= 4 is 6.03 Å². The van der Waals surface area contributed by atoms with Gasteiger partial charge in [0.15, 0.2) is 0 Å². The first-order chi connectivity index (χ1) is 12.6. The molecule has 2 aromatic rings. The number of aromatic nitrogens is 3.